The van der Waals surface area contributed by atoms with Crippen molar-refractivity contribution in [2.24, 2.45) is 0 Å². The lowest BCUT2D eigenvalue weighted by Gasteiger charge is -2.08. The number of thiocarbonyl (C=S) groups is 1. The molecule has 0 atom stereocenters. The number of fused-ring (bicyclic) bond motifs is 1. The number of nitrogens with one attached hydrogen (secondary N) is 2. The van der Waals surface area contributed by atoms with Gasteiger partial charge in [0, 0.05) is 11.3 Å². The zero-order valence-electron chi connectivity index (χ0n) is 15.9. The lowest BCUT2D eigenvalue weighted by atomic mass is 10.0. The molecule has 4 aromatic rings. The molecule has 2 aromatic carbocycles. The molecule has 2 heterocycles. The summed E-state index contributed by atoms with van der Waals surface area (Å²) in [6.07, 6.45) is 1.43. The first-order chi connectivity index (χ1) is 14.0. The fourth-order valence-electron chi connectivity index (χ4n) is 2.86. The molecule has 1 amide bonds. The SMILES string of the molecule is CC(C)c1ccc2oc(-c3ccc(NC(=S)NC(=O)c4ccco4)cc3)nc2c1. The van der Waals surface area contributed by atoms with Crippen LogP contribution in [0.1, 0.15) is 35.9 Å². The molecule has 2 aromatic heterocycles. The average Bonchev–Trinajstić information content (AvgIpc) is 3.37. The average molecular weight is 405 g/mol. The Morgan fingerprint density at radius 3 is 2.59 bits per heavy atom. The van der Waals surface area contributed by atoms with Crippen LogP contribution < -0.4 is 10.6 Å². The Morgan fingerprint density at radius 2 is 1.90 bits per heavy atom. The third-order valence-corrected chi connectivity index (χ3v) is 4.64. The highest BCUT2D eigenvalue weighted by Gasteiger charge is 2.12. The Labute approximate surface area is 172 Å². The van der Waals surface area contributed by atoms with E-state index in [1.54, 1.807) is 12.1 Å². The largest absolute Gasteiger partial charge is 0.459 e. The topological polar surface area (TPSA) is 80.3 Å². The number of hydrogen-bond donors (Lipinski definition) is 2. The summed E-state index contributed by atoms with van der Waals surface area (Å²) in [7, 11) is 0. The molecule has 146 valence electrons. The van der Waals surface area contributed by atoms with Gasteiger partial charge in [-0.1, -0.05) is 19.9 Å². The number of carbonyl (C=O) groups excluding carboxylic acids is 1. The van der Waals surface area contributed by atoms with Gasteiger partial charge in [0.1, 0.15) is 5.52 Å². The zero-order chi connectivity index (χ0) is 20.4. The Morgan fingerprint density at radius 1 is 1.10 bits per heavy atom. The smallest absolute Gasteiger partial charge is 0.293 e. The summed E-state index contributed by atoms with van der Waals surface area (Å²) in [5.41, 5.74) is 4.41. The van der Waals surface area contributed by atoms with E-state index in [1.807, 2.05) is 30.3 Å². The minimum absolute atomic E-state index is 0.183. The molecule has 0 saturated carbocycles. The van der Waals surface area contributed by atoms with Gasteiger partial charge in [-0.15, -0.1) is 0 Å². The van der Waals surface area contributed by atoms with Crippen LogP contribution in [0.4, 0.5) is 5.69 Å². The van der Waals surface area contributed by atoms with Gasteiger partial charge in [0.05, 0.1) is 6.26 Å². The number of rotatable bonds is 4. The van der Waals surface area contributed by atoms with Crippen LogP contribution in [0.15, 0.2) is 69.7 Å². The van der Waals surface area contributed by atoms with Gasteiger partial charge >= 0.3 is 0 Å². The number of amides is 1. The van der Waals surface area contributed by atoms with E-state index in [9.17, 15) is 4.79 Å². The first-order valence-corrected chi connectivity index (χ1v) is 9.57. The summed E-state index contributed by atoms with van der Waals surface area (Å²) in [6.45, 7) is 4.30. The van der Waals surface area contributed by atoms with Crippen LogP contribution in [0.3, 0.4) is 0 Å². The van der Waals surface area contributed by atoms with Crippen LogP contribution in [0.25, 0.3) is 22.6 Å². The van der Waals surface area contributed by atoms with Crippen molar-refractivity contribution in [1.82, 2.24) is 10.3 Å². The van der Waals surface area contributed by atoms with Crippen LogP contribution in [0.5, 0.6) is 0 Å². The Bertz CT molecular complexity index is 1160. The second kappa shape index (κ2) is 7.89. The molecule has 7 heteroatoms. The maximum Gasteiger partial charge on any atom is 0.293 e. The number of nitrogens with zero attached hydrogens (tertiary/aromatic N) is 1. The molecule has 4 rings (SSSR count). The molecular formula is C22H19N3O3S. The molecular weight excluding hydrogens is 386 g/mol. The van der Waals surface area contributed by atoms with Crippen molar-refractivity contribution >= 4 is 40.0 Å². The van der Waals surface area contributed by atoms with Crippen molar-refractivity contribution in [3.05, 3.63) is 72.2 Å². The number of benzene rings is 2. The summed E-state index contributed by atoms with van der Waals surface area (Å²) < 4.78 is 10.9. The van der Waals surface area contributed by atoms with E-state index in [0.29, 0.717) is 11.8 Å². The van der Waals surface area contributed by atoms with Crippen LogP contribution in [-0.4, -0.2) is 16.0 Å². The van der Waals surface area contributed by atoms with Crippen LogP contribution in [-0.2, 0) is 0 Å². The molecule has 0 aliphatic rings. The van der Waals surface area contributed by atoms with Crippen LogP contribution >= 0.6 is 12.2 Å². The van der Waals surface area contributed by atoms with Crippen LogP contribution in [0, 0.1) is 0 Å². The number of furan rings is 1. The lowest BCUT2D eigenvalue weighted by Crippen LogP contribution is -2.33. The van der Waals surface area contributed by atoms with Crippen molar-refractivity contribution in [2.75, 3.05) is 5.32 Å². The van der Waals surface area contributed by atoms with Gasteiger partial charge in [0.25, 0.3) is 5.91 Å². The maximum absolute atomic E-state index is 11.9. The van der Waals surface area contributed by atoms with Gasteiger partial charge in [-0.2, -0.15) is 0 Å². The van der Waals surface area contributed by atoms with Gasteiger partial charge < -0.3 is 14.2 Å². The van der Waals surface area contributed by atoms with Crippen molar-refractivity contribution in [1.29, 1.82) is 0 Å². The fourth-order valence-corrected chi connectivity index (χ4v) is 3.07. The minimum Gasteiger partial charge on any atom is -0.459 e. The monoisotopic (exact) mass is 405 g/mol. The zero-order valence-corrected chi connectivity index (χ0v) is 16.7. The second-order valence-corrected chi connectivity index (χ2v) is 7.27. The van der Waals surface area contributed by atoms with Crippen molar-refractivity contribution in [3.63, 3.8) is 0 Å². The molecule has 0 aliphatic carbocycles. The number of anilines is 1. The molecule has 29 heavy (non-hydrogen) atoms. The number of aromatic nitrogens is 1. The highest BCUT2D eigenvalue weighted by Crippen LogP contribution is 2.27. The lowest BCUT2D eigenvalue weighted by molar-refractivity contribution is 0.0950. The third-order valence-electron chi connectivity index (χ3n) is 4.44. The van der Waals surface area contributed by atoms with E-state index >= 15 is 0 Å². The summed E-state index contributed by atoms with van der Waals surface area (Å²) >= 11 is 5.17. The highest BCUT2D eigenvalue weighted by atomic mass is 32.1. The maximum atomic E-state index is 11.9. The molecule has 2 N–H and O–H groups in total. The molecule has 0 spiro atoms. The number of oxazole rings is 1. The fraction of sp³-hybridized carbons (Fsp3) is 0.136. The number of hydrogen-bond acceptors (Lipinski definition) is 5. The van der Waals surface area contributed by atoms with E-state index in [4.69, 9.17) is 21.1 Å². The van der Waals surface area contributed by atoms with E-state index in [0.717, 1.165) is 22.4 Å². The summed E-state index contributed by atoms with van der Waals surface area (Å²) in [6, 6.07) is 16.7. The van der Waals surface area contributed by atoms with Crippen molar-refractivity contribution in [2.45, 2.75) is 19.8 Å². The Balaban J connectivity index is 1.45. The molecule has 0 aliphatic heterocycles. The van der Waals surface area contributed by atoms with Crippen LogP contribution in [0.2, 0.25) is 0 Å². The van der Waals surface area contributed by atoms with Gasteiger partial charge in [-0.3, -0.25) is 10.1 Å². The highest BCUT2D eigenvalue weighted by molar-refractivity contribution is 7.80. The normalized spacial score (nSPS) is 11.0. The quantitative estimate of drug-likeness (QED) is 0.446. The molecule has 0 saturated heterocycles. The molecule has 6 nitrogen and oxygen atoms in total. The van der Waals surface area contributed by atoms with E-state index in [1.165, 1.54) is 11.8 Å². The molecule has 0 unspecified atom stereocenters. The standard InChI is InChI=1S/C22H19N3O3S/c1-13(2)15-7-10-18-17(12-15)24-21(28-18)14-5-8-16(9-6-14)23-22(29)25-20(26)19-4-3-11-27-19/h3-13H,1-2H3,(H2,23,25,26,29). The van der Waals surface area contributed by atoms with Gasteiger partial charge in [0.2, 0.25) is 5.89 Å². The van der Waals surface area contributed by atoms with Gasteiger partial charge in [-0.25, -0.2) is 4.98 Å². The Hall–Kier alpha value is -3.45. The van der Waals surface area contributed by atoms with E-state index in [2.05, 4.69) is 41.6 Å². The number of carbonyl (C=O) groups is 1. The third kappa shape index (κ3) is 4.20. The summed E-state index contributed by atoms with van der Waals surface area (Å²) in [5.74, 6) is 0.778. The van der Waals surface area contributed by atoms with Crippen molar-refractivity contribution in [3.8, 4) is 11.5 Å². The first-order valence-electron chi connectivity index (χ1n) is 9.16. The van der Waals surface area contributed by atoms with E-state index in [-0.39, 0.29) is 10.9 Å². The second-order valence-electron chi connectivity index (χ2n) is 6.86. The summed E-state index contributed by atoms with van der Waals surface area (Å²) in [5, 5.41) is 5.72. The van der Waals surface area contributed by atoms with Gasteiger partial charge in [-0.05, 0) is 72.2 Å². The molecule has 0 bridgehead atoms. The molecule has 0 fully saturated rings. The predicted molar refractivity (Wildman–Crippen MR) is 116 cm³/mol. The summed E-state index contributed by atoms with van der Waals surface area (Å²) in [4.78, 5) is 16.5. The minimum atomic E-state index is -0.406. The van der Waals surface area contributed by atoms with Crippen molar-refractivity contribution < 1.29 is 13.6 Å². The Kier molecular flexibility index (Phi) is 5.14. The predicted octanol–water partition coefficient (Wildman–Crippen LogP) is 5.34. The first kappa shape index (κ1) is 18.9. The molecule has 0 radical (unpaired) electrons. The van der Waals surface area contributed by atoms with Gasteiger partial charge in [0.15, 0.2) is 16.5 Å². The van der Waals surface area contributed by atoms with E-state index < -0.39 is 5.91 Å².